The molecule has 0 radical (unpaired) electrons. The van der Waals surface area contributed by atoms with E-state index in [4.69, 9.17) is 10.1 Å². The highest BCUT2D eigenvalue weighted by atomic mass is 16.4. The van der Waals surface area contributed by atoms with Gasteiger partial charge in [-0.25, -0.2) is 9.97 Å². The van der Waals surface area contributed by atoms with Crippen molar-refractivity contribution in [2.45, 2.75) is 79.1 Å². The van der Waals surface area contributed by atoms with Crippen LogP contribution in [0, 0.1) is 10.8 Å². The van der Waals surface area contributed by atoms with Crippen molar-refractivity contribution in [1.82, 2.24) is 34.2 Å². The third kappa shape index (κ3) is 8.75. The van der Waals surface area contributed by atoms with E-state index in [1.807, 2.05) is 36.7 Å². The smallest absolute Gasteiger partial charge is 0.307 e. The van der Waals surface area contributed by atoms with Crippen LogP contribution in [-0.2, 0) is 37.4 Å². The molecule has 1 spiro atoms. The van der Waals surface area contributed by atoms with Gasteiger partial charge < -0.3 is 24.5 Å². The number of carbonyl (C=O) groups is 1. The number of carboxylic acid groups (broad SMARTS) is 1. The van der Waals surface area contributed by atoms with Crippen molar-refractivity contribution >= 4 is 5.97 Å². The summed E-state index contributed by atoms with van der Waals surface area (Å²) in [4.78, 5) is 31.2. The van der Waals surface area contributed by atoms with Crippen LogP contribution in [0.25, 0.3) is 0 Å². The first-order valence-electron chi connectivity index (χ1n) is 15.6. The van der Waals surface area contributed by atoms with Crippen molar-refractivity contribution in [2.75, 3.05) is 39.3 Å². The summed E-state index contributed by atoms with van der Waals surface area (Å²) in [5, 5.41) is 9.08. The molecule has 2 N–H and O–H groups in total. The first-order chi connectivity index (χ1) is 20.1. The minimum atomic E-state index is -0.810. The molecule has 0 unspecified atom stereocenters. The Morgan fingerprint density at radius 2 is 1.67 bits per heavy atom. The molecule has 4 heterocycles. The molecule has 9 nitrogen and oxygen atoms in total. The van der Waals surface area contributed by atoms with E-state index in [1.165, 1.54) is 52.0 Å². The van der Waals surface area contributed by atoms with Crippen molar-refractivity contribution in [1.29, 1.82) is 0 Å². The third-order valence-electron chi connectivity index (χ3n) is 8.88. The van der Waals surface area contributed by atoms with E-state index in [1.54, 1.807) is 6.20 Å². The quantitative estimate of drug-likeness (QED) is 0.306. The topological polar surface area (TPSA) is 93.5 Å². The normalized spacial score (nSPS) is 17.9. The molecule has 2 saturated heterocycles. The number of hydrogen-bond donors (Lipinski definition) is 2. The monoisotopic (exact) mass is 575 g/mol. The molecule has 5 rings (SSSR count). The molecule has 2 fully saturated rings. The van der Waals surface area contributed by atoms with Crippen LogP contribution in [0.15, 0.2) is 49.1 Å². The number of imidazole rings is 2. The number of aliphatic carboxylic acids is 1. The molecule has 0 amide bonds. The van der Waals surface area contributed by atoms with E-state index in [9.17, 15) is 4.79 Å². The van der Waals surface area contributed by atoms with Gasteiger partial charge in [0.25, 0.3) is 0 Å². The van der Waals surface area contributed by atoms with Crippen molar-refractivity contribution < 1.29 is 9.90 Å². The lowest BCUT2D eigenvalue weighted by Crippen LogP contribution is -2.44. The van der Waals surface area contributed by atoms with Crippen LogP contribution >= 0.6 is 0 Å². The van der Waals surface area contributed by atoms with Gasteiger partial charge in [0, 0.05) is 51.0 Å². The molecule has 3 aromatic rings. The number of carboxylic acids is 1. The number of aromatic nitrogens is 4. The van der Waals surface area contributed by atoms with Gasteiger partial charge in [-0.2, -0.15) is 0 Å². The van der Waals surface area contributed by atoms with E-state index in [0.717, 1.165) is 48.8 Å². The molecule has 9 heteroatoms. The van der Waals surface area contributed by atoms with E-state index in [-0.39, 0.29) is 6.42 Å². The number of nitrogens with zero attached hydrogens (tertiary/aromatic N) is 6. The lowest BCUT2D eigenvalue weighted by atomic mass is 9.77. The summed E-state index contributed by atoms with van der Waals surface area (Å²) in [7, 11) is 0. The zero-order chi connectivity index (χ0) is 29.6. The highest BCUT2D eigenvalue weighted by Crippen LogP contribution is 2.40. The van der Waals surface area contributed by atoms with Gasteiger partial charge in [0.05, 0.1) is 19.5 Å². The first kappa shape index (κ1) is 30.4. The van der Waals surface area contributed by atoms with Gasteiger partial charge in [-0.15, -0.1) is 0 Å². The third-order valence-corrected chi connectivity index (χ3v) is 8.88. The lowest BCUT2D eigenvalue weighted by Gasteiger charge is -2.41. The second-order valence-electron chi connectivity index (χ2n) is 13.8. The summed E-state index contributed by atoms with van der Waals surface area (Å²) < 4.78 is 2.31. The predicted octanol–water partition coefficient (Wildman–Crippen LogP) is 4.66. The fourth-order valence-corrected chi connectivity index (χ4v) is 6.80. The van der Waals surface area contributed by atoms with Crippen LogP contribution in [0.5, 0.6) is 0 Å². The number of benzene rings is 1. The number of H-pyrrole nitrogens is 1. The SMILES string of the molecule is CC(C)(C)CN1CCC2(CC1)CCN(CCCn1ccnc1CN(Cc1ccc(CC(=O)O)cc1)Cc1ncc[nH]1)C2. The van der Waals surface area contributed by atoms with Gasteiger partial charge >= 0.3 is 5.97 Å². The van der Waals surface area contributed by atoms with Gasteiger partial charge in [-0.1, -0.05) is 45.0 Å². The summed E-state index contributed by atoms with van der Waals surface area (Å²) in [6.07, 6.45) is 12.9. The van der Waals surface area contributed by atoms with Gasteiger partial charge in [0.2, 0.25) is 0 Å². The number of likely N-dealkylation sites (tertiary alicyclic amines) is 2. The molecule has 0 bridgehead atoms. The molecule has 0 aliphatic carbocycles. The molecular weight excluding hydrogens is 526 g/mol. The minimum Gasteiger partial charge on any atom is -0.481 e. The minimum absolute atomic E-state index is 0.0439. The Kier molecular flexibility index (Phi) is 9.81. The second kappa shape index (κ2) is 13.5. The van der Waals surface area contributed by atoms with Crippen LogP contribution in [0.3, 0.4) is 0 Å². The predicted molar refractivity (Wildman–Crippen MR) is 165 cm³/mol. The maximum atomic E-state index is 11.1. The summed E-state index contributed by atoms with van der Waals surface area (Å²) in [5.74, 6) is 1.17. The highest BCUT2D eigenvalue weighted by molar-refractivity contribution is 5.70. The van der Waals surface area contributed by atoms with E-state index in [2.05, 4.69) is 56.2 Å². The number of piperidine rings is 1. The number of aromatic amines is 1. The zero-order valence-corrected chi connectivity index (χ0v) is 25.8. The Bertz CT molecular complexity index is 1250. The molecule has 2 aromatic heterocycles. The van der Waals surface area contributed by atoms with Gasteiger partial charge in [0.15, 0.2) is 0 Å². The summed E-state index contributed by atoms with van der Waals surface area (Å²) >= 11 is 0. The lowest BCUT2D eigenvalue weighted by molar-refractivity contribution is -0.136. The molecule has 2 aliphatic rings. The van der Waals surface area contributed by atoms with Crippen LogP contribution in [0.2, 0.25) is 0 Å². The average molecular weight is 576 g/mol. The van der Waals surface area contributed by atoms with Crippen LogP contribution in [-0.4, -0.2) is 84.6 Å². The first-order valence-corrected chi connectivity index (χ1v) is 15.6. The van der Waals surface area contributed by atoms with Crippen molar-refractivity contribution in [3.8, 4) is 0 Å². The van der Waals surface area contributed by atoms with Crippen LogP contribution in [0.1, 0.15) is 69.2 Å². The van der Waals surface area contributed by atoms with Crippen LogP contribution < -0.4 is 0 Å². The zero-order valence-electron chi connectivity index (χ0n) is 25.8. The summed E-state index contributed by atoms with van der Waals surface area (Å²) in [6, 6.07) is 7.87. The average Bonchev–Trinajstić information content (AvgIpc) is 3.69. The van der Waals surface area contributed by atoms with E-state index < -0.39 is 5.97 Å². The highest BCUT2D eigenvalue weighted by Gasteiger charge is 2.40. The maximum absolute atomic E-state index is 11.1. The molecule has 228 valence electrons. The molecule has 1 aromatic carbocycles. The van der Waals surface area contributed by atoms with E-state index >= 15 is 0 Å². The second-order valence-corrected chi connectivity index (χ2v) is 13.8. The molecule has 0 atom stereocenters. The van der Waals surface area contributed by atoms with Gasteiger partial charge in [-0.3, -0.25) is 9.69 Å². The summed E-state index contributed by atoms with van der Waals surface area (Å²) in [5.41, 5.74) is 2.87. The van der Waals surface area contributed by atoms with Crippen LogP contribution in [0.4, 0.5) is 0 Å². The molecular formula is C33H49N7O2. The maximum Gasteiger partial charge on any atom is 0.307 e. The number of aryl methyl sites for hydroxylation is 1. The fourth-order valence-electron chi connectivity index (χ4n) is 6.80. The number of rotatable bonds is 13. The Morgan fingerprint density at radius 3 is 2.33 bits per heavy atom. The molecule has 42 heavy (non-hydrogen) atoms. The van der Waals surface area contributed by atoms with Gasteiger partial charge in [-0.05, 0) is 73.8 Å². The van der Waals surface area contributed by atoms with Crippen molar-refractivity contribution in [3.05, 3.63) is 71.8 Å². The Morgan fingerprint density at radius 1 is 0.952 bits per heavy atom. The van der Waals surface area contributed by atoms with Crippen molar-refractivity contribution in [3.63, 3.8) is 0 Å². The largest absolute Gasteiger partial charge is 0.481 e. The Labute approximate surface area is 251 Å². The number of hydrogen-bond acceptors (Lipinski definition) is 6. The Hall–Kier alpha value is -3.01. The number of nitrogens with one attached hydrogen (secondary N) is 1. The van der Waals surface area contributed by atoms with E-state index in [0.29, 0.717) is 23.9 Å². The molecule has 0 saturated carbocycles. The summed E-state index contributed by atoms with van der Waals surface area (Å²) in [6.45, 7) is 17.5. The van der Waals surface area contributed by atoms with Crippen molar-refractivity contribution in [2.24, 2.45) is 10.8 Å². The molecule has 2 aliphatic heterocycles. The van der Waals surface area contributed by atoms with Gasteiger partial charge in [0.1, 0.15) is 11.6 Å². The Balaban J connectivity index is 1.12. The standard InChI is InChI=1S/C33H49N7O2/c1-32(2,3)25-38-18-10-33(11-19-38)9-17-37(26-33)15-4-16-40-20-14-36-30(40)24-39(23-29-34-12-13-35-29)22-28-7-5-27(6-8-28)21-31(41)42/h5-8,12-14,20H,4,9-11,15-19,21-26H2,1-3H3,(H,34,35)(H,41,42). The fraction of sp³-hybridized carbons (Fsp3) is 0.606.